The molecule has 2 aliphatic heterocycles. The first-order chi connectivity index (χ1) is 14.2. The predicted molar refractivity (Wildman–Crippen MR) is 112 cm³/mol. The molecular weight excluding hydrogens is 402 g/mol. The van der Waals surface area contributed by atoms with Crippen LogP contribution in [-0.2, 0) is 9.63 Å². The lowest BCUT2D eigenvalue weighted by Crippen LogP contribution is -2.60. The number of rotatable bonds is 2. The number of nitrogens with zero attached hydrogens (tertiary/aromatic N) is 4. The fraction of sp³-hybridized carbons (Fsp3) is 0.238. The molecule has 0 spiro atoms. The van der Waals surface area contributed by atoms with Gasteiger partial charge in [-0.2, -0.15) is 5.26 Å². The number of ketones is 1. The number of carbonyl (C=O) groups excluding carboxylic acids is 2. The van der Waals surface area contributed by atoms with E-state index in [4.69, 9.17) is 4.84 Å². The van der Waals surface area contributed by atoms with Gasteiger partial charge in [-0.05, 0) is 45.9 Å². The molecule has 1 atom stereocenters. The van der Waals surface area contributed by atoms with Crippen LogP contribution in [0, 0.1) is 11.3 Å². The van der Waals surface area contributed by atoms with Crippen molar-refractivity contribution in [2.75, 3.05) is 5.06 Å². The second-order valence-corrected chi connectivity index (χ2v) is 8.87. The number of hydrogen-bond acceptors (Lipinski definition) is 7. The van der Waals surface area contributed by atoms with Crippen LogP contribution in [0.25, 0.3) is 10.2 Å². The number of quaternary nitrogens is 1. The number of thiazole rings is 1. The van der Waals surface area contributed by atoms with Crippen LogP contribution in [0.1, 0.15) is 27.7 Å². The molecule has 1 N–H and O–H groups in total. The van der Waals surface area contributed by atoms with E-state index in [1.807, 2.05) is 39.0 Å². The number of allylic oxidation sites excluding steroid dienone is 3. The summed E-state index contributed by atoms with van der Waals surface area (Å²) in [6.07, 6.45) is 4.62. The largest absolute Gasteiger partial charge is 0.482 e. The second-order valence-electron chi connectivity index (χ2n) is 7.98. The lowest BCUT2D eigenvalue weighted by molar-refractivity contribution is -0.792. The zero-order valence-corrected chi connectivity index (χ0v) is 17.8. The Bertz CT molecular complexity index is 1210. The Morgan fingerprint density at radius 3 is 2.83 bits per heavy atom. The van der Waals surface area contributed by atoms with Gasteiger partial charge in [-0.15, -0.1) is 16.4 Å². The second kappa shape index (κ2) is 6.88. The maximum atomic E-state index is 13.9. The van der Waals surface area contributed by atoms with Crippen molar-refractivity contribution in [1.82, 2.24) is 10.4 Å². The molecule has 2 aromatic rings. The highest BCUT2D eigenvalue weighted by molar-refractivity contribution is 7.16. The lowest BCUT2D eigenvalue weighted by Gasteiger charge is -2.36. The van der Waals surface area contributed by atoms with E-state index >= 15 is 0 Å². The SMILES string of the molecule is CC1=C[N+]2(C(=O)N(OC(C)(C)C)c3ccc4ncsc4c3)NC=CC2=C(C#N)C1=O. The van der Waals surface area contributed by atoms with E-state index in [2.05, 4.69) is 10.4 Å². The van der Waals surface area contributed by atoms with Crippen LogP contribution in [0.4, 0.5) is 10.5 Å². The maximum Gasteiger partial charge on any atom is 0.482 e. The van der Waals surface area contributed by atoms with Gasteiger partial charge in [0.25, 0.3) is 0 Å². The minimum atomic E-state index is -0.684. The van der Waals surface area contributed by atoms with Crippen LogP contribution in [0.3, 0.4) is 0 Å². The Labute approximate surface area is 177 Å². The van der Waals surface area contributed by atoms with E-state index in [-0.39, 0.29) is 11.3 Å². The van der Waals surface area contributed by atoms with Crippen LogP contribution in [0.2, 0.25) is 0 Å². The average molecular weight is 422 g/mol. The fourth-order valence-corrected chi connectivity index (χ4v) is 4.07. The number of nitrogens with one attached hydrogen (secondary N) is 1. The number of anilines is 1. The number of carbonyl (C=O) groups is 2. The summed E-state index contributed by atoms with van der Waals surface area (Å²) in [4.78, 5) is 36.7. The van der Waals surface area contributed by atoms with Gasteiger partial charge < -0.3 is 0 Å². The quantitative estimate of drug-likeness (QED) is 0.579. The molecule has 2 amide bonds. The minimum absolute atomic E-state index is 0.0711. The third-order valence-corrected chi connectivity index (χ3v) is 5.42. The summed E-state index contributed by atoms with van der Waals surface area (Å²) in [5, 5.41) is 10.8. The summed E-state index contributed by atoms with van der Waals surface area (Å²) in [7, 11) is 0. The highest BCUT2D eigenvalue weighted by Crippen LogP contribution is 2.36. The Hall–Kier alpha value is -3.32. The molecule has 9 heteroatoms. The Kier molecular flexibility index (Phi) is 4.58. The first-order valence-electron chi connectivity index (χ1n) is 9.25. The van der Waals surface area contributed by atoms with Crippen molar-refractivity contribution in [3.63, 3.8) is 0 Å². The third-order valence-electron chi connectivity index (χ3n) is 4.63. The van der Waals surface area contributed by atoms with Crippen molar-refractivity contribution in [3.05, 3.63) is 59.0 Å². The normalized spacial score (nSPS) is 20.6. The van der Waals surface area contributed by atoms with Crippen LogP contribution in [0.5, 0.6) is 0 Å². The van der Waals surface area contributed by atoms with Crippen molar-refractivity contribution >= 4 is 39.1 Å². The first kappa shape index (κ1) is 20.0. The number of nitriles is 1. The molecule has 30 heavy (non-hydrogen) atoms. The molecule has 0 fully saturated rings. The highest BCUT2D eigenvalue weighted by atomic mass is 32.1. The van der Waals surface area contributed by atoms with E-state index < -0.39 is 22.0 Å². The van der Waals surface area contributed by atoms with Crippen LogP contribution in [-0.4, -0.2) is 27.0 Å². The summed E-state index contributed by atoms with van der Waals surface area (Å²) >= 11 is 1.46. The molecule has 1 unspecified atom stereocenters. The summed E-state index contributed by atoms with van der Waals surface area (Å²) in [5.41, 5.74) is 5.89. The van der Waals surface area contributed by atoms with Crippen LogP contribution in [0.15, 0.2) is 59.0 Å². The molecule has 4 rings (SSSR count). The van der Waals surface area contributed by atoms with Gasteiger partial charge in [-0.1, -0.05) is 4.59 Å². The number of hydroxylamine groups is 1. The molecule has 0 radical (unpaired) electrons. The van der Waals surface area contributed by atoms with Gasteiger partial charge in [0, 0.05) is 6.08 Å². The van der Waals surface area contributed by atoms with Gasteiger partial charge in [0.1, 0.15) is 12.3 Å². The van der Waals surface area contributed by atoms with Gasteiger partial charge in [0.05, 0.1) is 38.8 Å². The maximum absolute atomic E-state index is 13.9. The van der Waals surface area contributed by atoms with E-state index in [9.17, 15) is 14.9 Å². The Morgan fingerprint density at radius 2 is 2.13 bits per heavy atom. The van der Waals surface area contributed by atoms with E-state index in [1.54, 1.807) is 30.8 Å². The summed E-state index contributed by atoms with van der Waals surface area (Å²) in [5.74, 6) is -0.392. The summed E-state index contributed by atoms with van der Waals surface area (Å²) in [6, 6.07) is 6.85. The average Bonchev–Trinajstić information content (AvgIpc) is 3.32. The molecule has 0 saturated carbocycles. The van der Waals surface area contributed by atoms with E-state index in [0.29, 0.717) is 11.3 Å². The summed E-state index contributed by atoms with van der Waals surface area (Å²) in [6.45, 7) is 7.10. The molecule has 8 nitrogen and oxygen atoms in total. The van der Waals surface area contributed by atoms with Crippen LogP contribution >= 0.6 is 11.3 Å². The number of benzene rings is 1. The minimum Gasteiger partial charge on any atom is -0.288 e. The van der Waals surface area contributed by atoms with Crippen molar-refractivity contribution in [3.8, 4) is 6.07 Å². The van der Waals surface area contributed by atoms with Gasteiger partial charge in [-0.25, -0.2) is 15.2 Å². The smallest absolute Gasteiger partial charge is 0.288 e. The number of aromatic nitrogens is 1. The van der Waals surface area contributed by atoms with Crippen molar-refractivity contribution in [2.24, 2.45) is 0 Å². The molecule has 2 aliphatic rings. The van der Waals surface area contributed by atoms with E-state index in [0.717, 1.165) is 10.2 Å². The molecule has 0 saturated heterocycles. The van der Waals surface area contributed by atoms with Crippen molar-refractivity contribution < 1.29 is 19.0 Å². The predicted octanol–water partition coefficient (Wildman–Crippen LogP) is 4.07. The summed E-state index contributed by atoms with van der Waals surface area (Å²) < 4.78 is 0.362. The molecule has 0 bridgehead atoms. The standard InChI is InChI=1S/C21H19N5O3S/c1-13-11-26(17(7-8-24-26)15(10-22)19(13)27)20(28)25(29-21(2,3)4)14-5-6-16-18(9-14)30-12-23-16/h5-9,11-12H,1-4H3/p+1. The zero-order chi connectivity index (χ0) is 21.7. The number of hydrogen-bond donors (Lipinski definition) is 1. The Balaban J connectivity index is 1.87. The first-order valence-corrected chi connectivity index (χ1v) is 10.1. The Morgan fingerprint density at radius 1 is 1.37 bits per heavy atom. The fourth-order valence-electron chi connectivity index (χ4n) is 3.36. The topological polar surface area (TPSA) is 95.3 Å². The van der Waals surface area contributed by atoms with E-state index in [1.165, 1.54) is 22.6 Å². The van der Waals surface area contributed by atoms with Gasteiger partial charge >= 0.3 is 6.03 Å². The van der Waals surface area contributed by atoms with Gasteiger partial charge in [-0.3, -0.25) is 9.63 Å². The van der Waals surface area contributed by atoms with Crippen molar-refractivity contribution in [2.45, 2.75) is 33.3 Å². The number of Topliss-reactive ketones (excluding diaryl/α,β-unsaturated/α-hetero) is 1. The monoisotopic (exact) mass is 422 g/mol. The van der Waals surface area contributed by atoms with Crippen LogP contribution < -0.4 is 10.5 Å². The molecule has 3 heterocycles. The van der Waals surface area contributed by atoms with Gasteiger partial charge in [0.15, 0.2) is 11.3 Å². The molecule has 1 aromatic heterocycles. The highest BCUT2D eigenvalue weighted by Gasteiger charge is 2.52. The molecule has 0 aliphatic carbocycles. The number of urea groups is 1. The van der Waals surface area contributed by atoms with Gasteiger partial charge in [0.2, 0.25) is 5.78 Å². The molecule has 152 valence electrons. The lowest BCUT2D eigenvalue weighted by atomic mass is 10.00. The zero-order valence-electron chi connectivity index (χ0n) is 17.0. The van der Waals surface area contributed by atoms with Crippen molar-refractivity contribution in [1.29, 1.82) is 5.26 Å². The third kappa shape index (κ3) is 3.11. The molecule has 1 aromatic carbocycles. The molecular formula is C21H20N5O3S+. The number of amides is 2. The number of fused-ring (bicyclic) bond motifs is 2.